The smallest absolute Gasteiger partial charge is 0.246 e. The maximum atomic E-state index is 14.4. The van der Waals surface area contributed by atoms with Crippen LogP contribution in [-0.4, -0.2) is 53.4 Å². The van der Waals surface area contributed by atoms with Gasteiger partial charge in [-0.05, 0) is 35.4 Å². The molecule has 37 heavy (non-hydrogen) atoms. The van der Waals surface area contributed by atoms with Gasteiger partial charge < -0.3 is 24.3 Å². The molecule has 6 rings (SSSR count). The van der Waals surface area contributed by atoms with E-state index in [1.165, 1.54) is 11.0 Å². The average molecular weight is 500 g/mol. The summed E-state index contributed by atoms with van der Waals surface area (Å²) in [5.41, 5.74) is 4.02. The van der Waals surface area contributed by atoms with Crippen LogP contribution in [0.15, 0.2) is 66.7 Å². The first-order valence-corrected chi connectivity index (χ1v) is 12.1. The summed E-state index contributed by atoms with van der Waals surface area (Å²) in [7, 11) is 3.14. The van der Waals surface area contributed by atoms with Crippen LogP contribution < -0.4 is 9.47 Å². The Labute approximate surface area is 213 Å². The largest absolute Gasteiger partial charge is 0.493 e. The highest BCUT2D eigenvalue weighted by Gasteiger charge is 2.48. The number of carbonyl (C=O) groups excluding carboxylic acids is 2. The zero-order valence-corrected chi connectivity index (χ0v) is 20.5. The molecular formula is C29H26FN3O4. The van der Waals surface area contributed by atoms with Crippen molar-refractivity contribution in [1.29, 1.82) is 0 Å². The number of nitrogens with zero attached hydrogens (tertiary/aromatic N) is 2. The van der Waals surface area contributed by atoms with Crippen molar-refractivity contribution in [2.75, 3.05) is 20.8 Å². The number of ether oxygens (including phenoxy) is 2. The predicted octanol–water partition coefficient (Wildman–Crippen LogP) is 4.21. The van der Waals surface area contributed by atoms with Crippen LogP contribution in [0.4, 0.5) is 4.39 Å². The van der Waals surface area contributed by atoms with Gasteiger partial charge >= 0.3 is 0 Å². The van der Waals surface area contributed by atoms with Crippen LogP contribution in [0.25, 0.3) is 10.9 Å². The molecule has 0 spiro atoms. The third kappa shape index (κ3) is 3.71. The molecule has 7 nitrogen and oxygen atoms in total. The highest BCUT2D eigenvalue weighted by atomic mass is 19.1. The van der Waals surface area contributed by atoms with Crippen LogP contribution >= 0.6 is 0 Å². The summed E-state index contributed by atoms with van der Waals surface area (Å²) in [5.74, 6) is 0.342. The van der Waals surface area contributed by atoms with Crippen LogP contribution in [0.3, 0.4) is 0 Å². The fraction of sp³-hybridized carbons (Fsp3) is 0.241. The van der Waals surface area contributed by atoms with Gasteiger partial charge in [-0.3, -0.25) is 9.59 Å². The Balaban J connectivity index is 1.47. The monoisotopic (exact) mass is 499 g/mol. The molecule has 8 heteroatoms. The minimum absolute atomic E-state index is 0.0450. The number of nitrogens with one attached hydrogen (secondary N) is 1. The Morgan fingerprint density at radius 3 is 2.51 bits per heavy atom. The zero-order chi connectivity index (χ0) is 25.7. The Bertz CT molecular complexity index is 1530. The molecule has 0 aliphatic carbocycles. The fourth-order valence-corrected chi connectivity index (χ4v) is 5.66. The molecule has 1 saturated heterocycles. The zero-order valence-electron chi connectivity index (χ0n) is 20.5. The molecule has 1 fully saturated rings. The van der Waals surface area contributed by atoms with Gasteiger partial charge in [-0.2, -0.15) is 0 Å². The van der Waals surface area contributed by atoms with Crippen molar-refractivity contribution in [1.82, 2.24) is 14.8 Å². The molecular weight excluding hydrogens is 473 g/mol. The molecule has 2 aliphatic rings. The van der Waals surface area contributed by atoms with Crippen LogP contribution in [0.2, 0.25) is 0 Å². The Morgan fingerprint density at radius 1 is 0.973 bits per heavy atom. The number of H-pyrrole nitrogens is 1. The number of hydrogen-bond donors (Lipinski definition) is 1. The van der Waals surface area contributed by atoms with Gasteiger partial charge in [0.2, 0.25) is 11.8 Å². The first kappa shape index (κ1) is 23.1. The van der Waals surface area contributed by atoms with Gasteiger partial charge in [-0.1, -0.05) is 42.5 Å². The normalized spacial score (nSPS) is 19.1. The molecule has 2 aliphatic heterocycles. The second-order valence-corrected chi connectivity index (χ2v) is 9.39. The topological polar surface area (TPSA) is 74.9 Å². The second kappa shape index (κ2) is 8.96. The summed E-state index contributed by atoms with van der Waals surface area (Å²) < 4.78 is 25.3. The summed E-state index contributed by atoms with van der Waals surface area (Å²) >= 11 is 0. The summed E-state index contributed by atoms with van der Waals surface area (Å²) in [6.45, 7) is -0.0770. The molecule has 3 heterocycles. The van der Waals surface area contributed by atoms with E-state index in [1.54, 1.807) is 43.4 Å². The van der Waals surface area contributed by atoms with Crippen molar-refractivity contribution >= 4 is 22.7 Å². The second-order valence-electron chi connectivity index (χ2n) is 9.39. The number of fused-ring (bicyclic) bond motifs is 4. The molecule has 1 aromatic heterocycles. The molecule has 0 radical (unpaired) electrons. The number of carbonyl (C=O) groups is 2. The lowest BCUT2D eigenvalue weighted by atomic mass is 9.86. The lowest BCUT2D eigenvalue weighted by molar-refractivity contribution is -0.159. The van der Waals surface area contributed by atoms with Gasteiger partial charge in [0.25, 0.3) is 0 Å². The van der Waals surface area contributed by atoms with Crippen LogP contribution in [-0.2, 0) is 22.6 Å². The van der Waals surface area contributed by atoms with E-state index < -0.39 is 17.9 Å². The van der Waals surface area contributed by atoms with E-state index in [1.807, 2.05) is 36.4 Å². The summed E-state index contributed by atoms with van der Waals surface area (Å²) in [4.78, 5) is 34.2. The van der Waals surface area contributed by atoms with Gasteiger partial charge in [0, 0.05) is 35.1 Å². The van der Waals surface area contributed by atoms with Crippen LogP contribution in [0.1, 0.15) is 28.4 Å². The molecule has 0 bridgehead atoms. The Hall–Kier alpha value is -4.33. The number of benzene rings is 3. The number of hydrogen-bond acceptors (Lipinski definition) is 4. The highest BCUT2D eigenvalue weighted by Crippen LogP contribution is 2.44. The standard InChI is InChI=1S/C29H26FN3O4/c1-36-24-12-11-17(13-25(24)37-2)28-27-20(19-8-4-6-10-22(19)31-27)14-23-29(35)32(16-26(34)33(23)28)15-18-7-3-5-9-21(18)30/h3-13,23,28,31H,14-16H2,1-2H3/t23-,28+/m0/s1. The van der Waals surface area contributed by atoms with Gasteiger partial charge in [-0.25, -0.2) is 4.39 Å². The van der Waals surface area contributed by atoms with Crippen molar-refractivity contribution < 1.29 is 23.5 Å². The van der Waals surface area contributed by atoms with Gasteiger partial charge in [-0.15, -0.1) is 0 Å². The van der Waals surface area contributed by atoms with E-state index >= 15 is 0 Å². The number of para-hydroxylation sites is 1. The maximum Gasteiger partial charge on any atom is 0.246 e. The average Bonchev–Trinajstić information content (AvgIpc) is 3.29. The number of rotatable bonds is 5. The first-order valence-electron chi connectivity index (χ1n) is 12.1. The summed E-state index contributed by atoms with van der Waals surface area (Å²) in [6.07, 6.45) is 0.376. The van der Waals surface area contributed by atoms with E-state index in [2.05, 4.69) is 4.98 Å². The van der Waals surface area contributed by atoms with Crippen molar-refractivity contribution in [2.24, 2.45) is 0 Å². The van der Waals surface area contributed by atoms with E-state index in [9.17, 15) is 14.0 Å². The quantitative estimate of drug-likeness (QED) is 0.447. The van der Waals surface area contributed by atoms with Crippen molar-refractivity contribution in [3.8, 4) is 11.5 Å². The minimum Gasteiger partial charge on any atom is -0.493 e. The molecule has 4 aromatic rings. The third-order valence-electron chi connectivity index (χ3n) is 7.38. The van der Waals surface area contributed by atoms with Gasteiger partial charge in [0.1, 0.15) is 18.4 Å². The SMILES string of the molecule is COc1ccc([C@@H]2c3[nH]c4ccccc4c3C[C@H]3C(=O)N(Cc4ccccc4F)CC(=O)N23)cc1OC. The number of aromatic nitrogens is 1. The Morgan fingerprint density at radius 2 is 1.73 bits per heavy atom. The van der Waals surface area contributed by atoms with Crippen molar-refractivity contribution in [3.63, 3.8) is 0 Å². The van der Waals surface area contributed by atoms with Crippen molar-refractivity contribution in [2.45, 2.75) is 25.0 Å². The number of methoxy groups -OCH3 is 2. The van der Waals surface area contributed by atoms with Gasteiger partial charge in [0.15, 0.2) is 11.5 Å². The Kier molecular flexibility index (Phi) is 5.59. The number of piperazine rings is 1. The molecule has 188 valence electrons. The summed E-state index contributed by atoms with van der Waals surface area (Å²) in [5, 5.41) is 1.02. The van der Waals surface area contributed by atoms with Crippen LogP contribution in [0.5, 0.6) is 11.5 Å². The molecule has 1 N–H and O–H groups in total. The van der Waals surface area contributed by atoms with E-state index in [-0.39, 0.29) is 24.9 Å². The molecule has 2 amide bonds. The maximum absolute atomic E-state index is 14.4. The lowest BCUT2D eigenvalue weighted by Crippen LogP contribution is -2.62. The number of amides is 2. The van der Waals surface area contributed by atoms with E-state index in [4.69, 9.17) is 9.47 Å². The molecule has 2 atom stereocenters. The predicted molar refractivity (Wildman–Crippen MR) is 136 cm³/mol. The first-order chi connectivity index (χ1) is 18.0. The van der Waals surface area contributed by atoms with E-state index in [0.717, 1.165) is 27.7 Å². The van der Waals surface area contributed by atoms with Crippen molar-refractivity contribution in [3.05, 3.63) is 94.9 Å². The number of halogens is 1. The molecule has 0 saturated carbocycles. The molecule has 3 aromatic carbocycles. The number of aromatic amines is 1. The third-order valence-corrected chi connectivity index (χ3v) is 7.38. The fourth-order valence-electron chi connectivity index (χ4n) is 5.66. The van der Waals surface area contributed by atoms with Gasteiger partial charge in [0.05, 0.1) is 20.3 Å². The van der Waals surface area contributed by atoms with Crippen LogP contribution in [0, 0.1) is 5.82 Å². The molecule has 0 unspecified atom stereocenters. The highest BCUT2D eigenvalue weighted by molar-refractivity contribution is 5.97. The lowest BCUT2D eigenvalue weighted by Gasteiger charge is -2.47. The minimum atomic E-state index is -0.710. The van der Waals surface area contributed by atoms with E-state index in [0.29, 0.717) is 23.5 Å². The summed E-state index contributed by atoms with van der Waals surface area (Å²) in [6, 6.07) is 18.6.